The third kappa shape index (κ3) is 7.07. The van der Waals surface area contributed by atoms with E-state index in [9.17, 15) is 0 Å². The molecule has 5 nitrogen and oxygen atoms in total. The SMILES string of the molecule is C=CCc1cc(-c2cccc(-c3cccc(-c4cccc(-c5cccc(-c6nc(-c7ccccn7)nc(-c7ccccn7)n6)c5)c4)c3)c2)c2ccccc2c1. The molecule has 0 fully saturated rings. The lowest BCUT2D eigenvalue weighted by molar-refractivity contribution is 1.05. The fourth-order valence-corrected chi connectivity index (χ4v) is 7.08. The lowest BCUT2D eigenvalue weighted by Crippen LogP contribution is -2.01. The van der Waals surface area contributed by atoms with Crippen molar-refractivity contribution in [3.8, 4) is 78.9 Å². The average Bonchev–Trinajstić information content (AvgIpc) is 3.27. The number of rotatable bonds is 9. The summed E-state index contributed by atoms with van der Waals surface area (Å²) in [6.45, 7) is 3.98. The van der Waals surface area contributed by atoms with Gasteiger partial charge in [-0.1, -0.05) is 127 Å². The van der Waals surface area contributed by atoms with Crippen molar-refractivity contribution < 1.29 is 0 Å². The first-order valence-electron chi connectivity index (χ1n) is 18.3. The molecule has 0 aliphatic heterocycles. The second kappa shape index (κ2) is 14.9. The van der Waals surface area contributed by atoms with E-state index in [0.29, 0.717) is 28.9 Å². The van der Waals surface area contributed by atoms with Crippen molar-refractivity contribution in [1.29, 1.82) is 0 Å². The Morgan fingerprint density at radius 3 is 1.38 bits per heavy atom. The van der Waals surface area contributed by atoms with Gasteiger partial charge in [0.1, 0.15) is 11.4 Å². The zero-order chi connectivity index (χ0) is 37.0. The fourth-order valence-electron chi connectivity index (χ4n) is 7.08. The molecule has 3 aromatic heterocycles. The van der Waals surface area contributed by atoms with Gasteiger partial charge in [0.05, 0.1) is 0 Å². The van der Waals surface area contributed by atoms with E-state index in [1.165, 1.54) is 38.6 Å². The van der Waals surface area contributed by atoms with Crippen LogP contribution in [0.25, 0.3) is 89.7 Å². The minimum absolute atomic E-state index is 0.499. The zero-order valence-corrected chi connectivity index (χ0v) is 30.0. The highest BCUT2D eigenvalue weighted by Crippen LogP contribution is 2.35. The second-order valence-electron chi connectivity index (χ2n) is 13.4. The summed E-state index contributed by atoms with van der Waals surface area (Å²) >= 11 is 0. The quantitative estimate of drug-likeness (QED) is 0.140. The van der Waals surface area contributed by atoms with Crippen LogP contribution in [0.15, 0.2) is 195 Å². The van der Waals surface area contributed by atoms with Gasteiger partial charge in [0.25, 0.3) is 0 Å². The number of fused-ring (bicyclic) bond motifs is 1. The molecule has 0 spiro atoms. The number of benzene rings is 6. The molecule has 0 aliphatic rings. The van der Waals surface area contributed by atoms with Gasteiger partial charge >= 0.3 is 0 Å². The number of nitrogens with zero attached hydrogens (tertiary/aromatic N) is 5. The van der Waals surface area contributed by atoms with E-state index < -0.39 is 0 Å². The summed E-state index contributed by atoms with van der Waals surface area (Å²) in [6, 6.07) is 59.3. The van der Waals surface area contributed by atoms with E-state index >= 15 is 0 Å². The van der Waals surface area contributed by atoms with Crippen molar-refractivity contribution in [3.63, 3.8) is 0 Å². The van der Waals surface area contributed by atoms with Gasteiger partial charge in [0.2, 0.25) is 0 Å². The maximum atomic E-state index is 4.87. The molecule has 0 atom stereocenters. The first kappa shape index (κ1) is 33.5. The van der Waals surface area contributed by atoms with E-state index in [2.05, 4.69) is 138 Å². The molecule has 0 N–H and O–H groups in total. The summed E-state index contributed by atoms with van der Waals surface area (Å²) < 4.78 is 0. The summed E-state index contributed by atoms with van der Waals surface area (Å²) in [5.41, 5.74) is 12.7. The third-order valence-electron chi connectivity index (χ3n) is 9.74. The Hall–Kier alpha value is -7.37. The normalized spacial score (nSPS) is 11.1. The van der Waals surface area contributed by atoms with Gasteiger partial charge in [-0.25, -0.2) is 15.0 Å². The molecule has 0 unspecified atom stereocenters. The van der Waals surface area contributed by atoms with Crippen molar-refractivity contribution in [2.24, 2.45) is 0 Å². The summed E-state index contributed by atoms with van der Waals surface area (Å²) in [6.07, 6.45) is 6.29. The van der Waals surface area contributed by atoms with Crippen LogP contribution in [0, 0.1) is 0 Å². The molecule has 0 bridgehead atoms. The van der Waals surface area contributed by atoms with E-state index in [-0.39, 0.29) is 0 Å². The van der Waals surface area contributed by atoms with Crippen LogP contribution < -0.4 is 0 Å². The smallest absolute Gasteiger partial charge is 0.182 e. The number of hydrogen-bond donors (Lipinski definition) is 0. The topological polar surface area (TPSA) is 64.5 Å². The van der Waals surface area contributed by atoms with Crippen LogP contribution in [0.5, 0.6) is 0 Å². The third-order valence-corrected chi connectivity index (χ3v) is 9.74. The average molecular weight is 706 g/mol. The molecule has 0 amide bonds. The lowest BCUT2D eigenvalue weighted by atomic mass is 9.92. The van der Waals surface area contributed by atoms with E-state index in [1.54, 1.807) is 12.4 Å². The molecule has 9 aromatic rings. The number of aromatic nitrogens is 5. The summed E-state index contributed by atoms with van der Waals surface area (Å²) in [5.74, 6) is 1.56. The molecule has 5 heteroatoms. The van der Waals surface area contributed by atoms with Crippen LogP contribution in [0.2, 0.25) is 0 Å². The Labute approximate surface area is 320 Å². The van der Waals surface area contributed by atoms with Crippen LogP contribution in [0.4, 0.5) is 0 Å². The van der Waals surface area contributed by atoms with E-state index in [1.807, 2.05) is 54.6 Å². The van der Waals surface area contributed by atoms with Crippen LogP contribution >= 0.6 is 0 Å². The van der Waals surface area contributed by atoms with Gasteiger partial charge in [0.15, 0.2) is 17.5 Å². The van der Waals surface area contributed by atoms with Crippen molar-refractivity contribution in [3.05, 3.63) is 200 Å². The number of pyridine rings is 2. The molecule has 0 radical (unpaired) electrons. The van der Waals surface area contributed by atoms with Gasteiger partial charge < -0.3 is 0 Å². The molecule has 3 heterocycles. The Morgan fingerprint density at radius 2 is 0.855 bits per heavy atom. The van der Waals surface area contributed by atoms with Crippen LogP contribution in [-0.2, 0) is 6.42 Å². The predicted molar refractivity (Wildman–Crippen MR) is 225 cm³/mol. The number of allylic oxidation sites excluding steroid dienone is 1. The Kier molecular flexibility index (Phi) is 9.09. The predicted octanol–water partition coefficient (Wildman–Crippen LogP) is 12.2. The first-order chi connectivity index (χ1) is 27.2. The lowest BCUT2D eigenvalue weighted by Gasteiger charge is -2.13. The molecular weight excluding hydrogens is 671 g/mol. The summed E-state index contributed by atoms with van der Waals surface area (Å²) in [4.78, 5) is 23.5. The second-order valence-corrected chi connectivity index (χ2v) is 13.4. The highest BCUT2D eigenvalue weighted by Gasteiger charge is 2.15. The van der Waals surface area contributed by atoms with Gasteiger partial charge in [0, 0.05) is 18.0 Å². The minimum atomic E-state index is 0.499. The van der Waals surface area contributed by atoms with Crippen LogP contribution in [0.3, 0.4) is 0 Å². The van der Waals surface area contributed by atoms with Crippen LogP contribution in [0.1, 0.15) is 5.56 Å². The zero-order valence-electron chi connectivity index (χ0n) is 30.0. The van der Waals surface area contributed by atoms with Gasteiger partial charge in [-0.05, 0) is 116 Å². The maximum absolute atomic E-state index is 4.87. The van der Waals surface area contributed by atoms with Crippen molar-refractivity contribution in [2.75, 3.05) is 0 Å². The van der Waals surface area contributed by atoms with Gasteiger partial charge in [-0.3, -0.25) is 9.97 Å². The monoisotopic (exact) mass is 705 g/mol. The molecular formula is C50H35N5. The highest BCUT2D eigenvalue weighted by molar-refractivity contribution is 5.98. The molecule has 6 aromatic carbocycles. The van der Waals surface area contributed by atoms with E-state index in [4.69, 9.17) is 15.0 Å². The highest BCUT2D eigenvalue weighted by atomic mass is 15.1. The molecule has 0 saturated heterocycles. The number of hydrogen-bond acceptors (Lipinski definition) is 5. The fraction of sp³-hybridized carbons (Fsp3) is 0.0200. The Morgan fingerprint density at radius 1 is 0.400 bits per heavy atom. The summed E-state index contributed by atoms with van der Waals surface area (Å²) in [5, 5.41) is 2.49. The summed E-state index contributed by atoms with van der Waals surface area (Å²) in [7, 11) is 0. The van der Waals surface area contributed by atoms with Gasteiger partial charge in [-0.15, -0.1) is 6.58 Å². The minimum Gasteiger partial charge on any atom is -0.253 e. The Balaban J connectivity index is 1.05. The largest absolute Gasteiger partial charge is 0.253 e. The molecule has 0 aliphatic carbocycles. The van der Waals surface area contributed by atoms with Crippen molar-refractivity contribution in [1.82, 2.24) is 24.9 Å². The van der Waals surface area contributed by atoms with E-state index in [0.717, 1.165) is 34.2 Å². The molecule has 260 valence electrons. The molecule has 55 heavy (non-hydrogen) atoms. The molecule has 0 saturated carbocycles. The first-order valence-corrected chi connectivity index (χ1v) is 18.3. The Bertz CT molecular complexity index is 2750. The standard InChI is InChI=1S/C50H35N5/c1-2-13-34-28-41-14-3-4-23-44(41)45(29-34)42-21-11-19-39(32-42)37-17-9-15-35(30-37)36-16-10-18-38(31-36)40-20-12-22-43(33-40)48-53-49(46-24-5-7-26-51-46)55-50(54-48)47-25-6-8-27-52-47/h2-12,14-33H,1,13H2. The van der Waals surface area contributed by atoms with Crippen molar-refractivity contribution >= 4 is 10.8 Å². The van der Waals surface area contributed by atoms with Gasteiger partial charge in [-0.2, -0.15) is 0 Å². The van der Waals surface area contributed by atoms with Crippen molar-refractivity contribution in [2.45, 2.75) is 6.42 Å². The van der Waals surface area contributed by atoms with Crippen LogP contribution in [-0.4, -0.2) is 24.9 Å². The molecule has 9 rings (SSSR count). The maximum Gasteiger partial charge on any atom is 0.182 e.